The molecule has 1 unspecified atom stereocenters. The normalized spacial score (nSPS) is 12.5. The van der Waals surface area contributed by atoms with Gasteiger partial charge < -0.3 is 5.11 Å². The molecule has 0 fully saturated rings. The van der Waals surface area contributed by atoms with E-state index in [-0.39, 0.29) is 5.56 Å². The lowest BCUT2D eigenvalue weighted by atomic mass is 9.97. The number of halogens is 2. The lowest BCUT2D eigenvalue weighted by Gasteiger charge is -2.15. The van der Waals surface area contributed by atoms with Crippen molar-refractivity contribution in [3.63, 3.8) is 0 Å². The molecule has 1 nitrogen and oxygen atoms in total. The van der Waals surface area contributed by atoms with Crippen LogP contribution in [0.2, 0.25) is 0 Å². The highest BCUT2D eigenvalue weighted by atomic mass is 19.1. The molecule has 1 atom stereocenters. The second kappa shape index (κ2) is 5.49. The minimum absolute atomic E-state index is 0.288. The van der Waals surface area contributed by atoms with Crippen molar-refractivity contribution in [1.29, 1.82) is 0 Å². The maximum absolute atomic E-state index is 13.9. The van der Waals surface area contributed by atoms with Crippen molar-refractivity contribution < 1.29 is 13.9 Å². The molecule has 2 rings (SSSR count). The Hall–Kier alpha value is -1.74. The second-order valence-corrected chi connectivity index (χ2v) is 4.59. The maximum Gasteiger partial charge on any atom is 0.135 e. The summed E-state index contributed by atoms with van der Waals surface area (Å²) in [6.07, 6.45) is -0.408. The Morgan fingerprint density at radius 1 is 1.05 bits per heavy atom. The highest BCUT2D eigenvalue weighted by molar-refractivity contribution is 5.36. The van der Waals surface area contributed by atoms with Gasteiger partial charge in [0.15, 0.2) is 0 Å². The van der Waals surface area contributed by atoms with Gasteiger partial charge in [-0.15, -0.1) is 0 Å². The van der Waals surface area contributed by atoms with Crippen LogP contribution in [0.4, 0.5) is 8.78 Å². The average molecular weight is 262 g/mol. The fourth-order valence-electron chi connectivity index (χ4n) is 2.03. The highest BCUT2D eigenvalue weighted by Crippen LogP contribution is 2.28. The third-order valence-corrected chi connectivity index (χ3v) is 3.30. The molecule has 0 aromatic heterocycles. The van der Waals surface area contributed by atoms with Gasteiger partial charge in [0.05, 0.1) is 5.56 Å². The van der Waals surface area contributed by atoms with E-state index < -0.39 is 17.7 Å². The molecule has 0 aliphatic rings. The van der Waals surface area contributed by atoms with E-state index in [1.807, 2.05) is 19.1 Å². The Balaban J connectivity index is 2.43. The smallest absolute Gasteiger partial charge is 0.135 e. The third-order valence-electron chi connectivity index (χ3n) is 3.30. The number of benzene rings is 2. The van der Waals surface area contributed by atoms with E-state index in [1.165, 1.54) is 12.1 Å². The SMILES string of the molecule is CCc1ccc(C(O)c2c(F)ccc(C)c2F)cc1. The fourth-order valence-corrected chi connectivity index (χ4v) is 2.03. The zero-order chi connectivity index (χ0) is 14.0. The molecule has 0 saturated carbocycles. The molecule has 100 valence electrons. The Kier molecular flexibility index (Phi) is 3.96. The van der Waals surface area contributed by atoms with Crippen LogP contribution < -0.4 is 0 Å². The van der Waals surface area contributed by atoms with Crippen molar-refractivity contribution in [1.82, 2.24) is 0 Å². The summed E-state index contributed by atoms with van der Waals surface area (Å²) in [7, 11) is 0. The van der Waals surface area contributed by atoms with Gasteiger partial charge in [0.25, 0.3) is 0 Å². The van der Waals surface area contributed by atoms with Gasteiger partial charge >= 0.3 is 0 Å². The summed E-state index contributed by atoms with van der Waals surface area (Å²) in [6.45, 7) is 3.57. The van der Waals surface area contributed by atoms with Gasteiger partial charge in [-0.05, 0) is 36.1 Å². The van der Waals surface area contributed by atoms with Gasteiger partial charge in [0.2, 0.25) is 0 Å². The molecule has 2 aromatic rings. The van der Waals surface area contributed by atoms with E-state index in [9.17, 15) is 13.9 Å². The molecule has 19 heavy (non-hydrogen) atoms. The zero-order valence-corrected chi connectivity index (χ0v) is 11.0. The van der Waals surface area contributed by atoms with E-state index in [0.717, 1.165) is 12.0 Å². The van der Waals surface area contributed by atoms with Crippen molar-refractivity contribution >= 4 is 0 Å². The topological polar surface area (TPSA) is 20.2 Å². The molecule has 0 aliphatic heterocycles. The molecular weight excluding hydrogens is 246 g/mol. The van der Waals surface area contributed by atoms with Crippen LogP contribution in [-0.4, -0.2) is 5.11 Å². The summed E-state index contributed by atoms with van der Waals surface area (Å²) in [4.78, 5) is 0. The van der Waals surface area contributed by atoms with Crippen molar-refractivity contribution in [2.45, 2.75) is 26.4 Å². The van der Waals surface area contributed by atoms with Crippen LogP contribution in [0, 0.1) is 18.6 Å². The molecule has 1 N–H and O–H groups in total. The molecule has 0 amide bonds. The number of rotatable bonds is 3. The first-order valence-corrected chi connectivity index (χ1v) is 6.26. The van der Waals surface area contributed by atoms with Crippen LogP contribution in [0.3, 0.4) is 0 Å². The van der Waals surface area contributed by atoms with Crippen LogP contribution in [0.15, 0.2) is 36.4 Å². The fraction of sp³-hybridized carbons (Fsp3) is 0.250. The molecule has 0 radical (unpaired) electrons. The molecule has 0 saturated heterocycles. The second-order valence-electron chi connectivity index (χ2n) is 4.59. The van der Waals surface area contributed by atoms with Gasteiger partial charge in [-0.3, -0.25) is 0 Å². The molecule has 2 aromatic carbocycles. The largest absolute Gasteiger partial charge is 0.383 e. The third kappa shape index (κ3) is 2.66. The van der Waals surface area contributed by atoms with Crippen molar-refractivity contribution in [3.8, 4) is 0 Å². The zero-order valence-electron chi connectivity index (χ0n) is 11.0. The van der Waals surface area contributed by atoms with Crippen molar-refractivity contribution in [2.24, 2.45) is 0 Å². The van der Waals surface area contributed by atoms with E-state index in [2.05, 4.69) is 0 Å². The Morgan fingerprint density at radius 2 is 1.68 bits per heavy atom. The number of hydrogen-bond donors (Lipinski definition) is 1. The van der Waals surface area contributed by atoms with Gasteiger partial charge in [0, 0.05) is 0 Å². The predicted octanol–water partition coefficient (Wildman–Crippen LogP) is 3.92. The van der Waals surface area contributed by atoms with E-state index in [0.29, 0.717) is 11.1 Å². The first-order valence-electron chi connectivity index (χ1n) is 6.26. The van der Waals surface area contributed by atoms with Gasteiger partial charge in [0.1, 0.15) is 17.7 Å². The van der Waals surface area contributed by atoms with Crippen LogP contribution in [-0.2, 0) is 6.42 Å². The monoisotopic (exact) mass is 262 g/mol. The van der Waals surface area contributed by atoms with Gasteiger partial charge in [-0.2, -0.15) is 0 Å². The predicted molar refractivity (Wildman–Crippen MR) is 71.0 cm³/mol. The molecular formula is C16H16F2O. The molecule has 0 bridgehead atoms. The van der Waals surface area contributed by atoms with Crippen molar-refractivity contribution in [2.75, 3.05) is 0 Å². The Morgan fingerprint density at radius 3 is 2.26 bits per heavy atom. The minimum atomic E-state index is -1.29. The summed E-state index contributed by atoms with van der Waals surface area (Å²) in [5, 5.41) is 10.2. The summed E-state index contributed by atoms with van der Waals surface area (Å²) < 4.78 is 27.7. The number of hydrogen-bond acceptors (Lipinski definition) is 1. The number of aliphatic hydroxyl groups excluding tert-OH is 1. The minimum Gasteiger partial charge on any atom is -0.383 e. The standard InChI is InChI=1S/C16H16F2O/c1-3-11-5-7-12(8-6-11)16(19)14-13(17)9-4-10(2)15(14)18/h4-9,16,19H,3H2,1-2H3. The van der Waals surface area contributed by atoms with Gasteiger partial charge in [-0.25, -0.2) is 8.78 Å². The Labute approximate surface area is 111 Å². The molecule has 0 aliphatic carbocycles. The van der Waals surface area contributed by atoms with Crippen LogP contribution in [0.25, 0.3) is 0 Å². The van der Waals surface area contributed by atoms with Crippen LogP contribution >= 0.6 is 0 Å². The Bertz CT molecular complexity index is 576. The molecule has 3 heteroatoms. The van der Waals surface area contributed by atoms with E-state index in [4.69, 9.17) is 0 Å². The van der Waals surface area contributed by atoms with E-state index >= 15 is 0 Å². The quantitative estimate of drug-likeness (QED) is 0.889. The first-order chi connectivity index (χ1) is 9.04. The number of aryl methyl sites for hydroxylation is 2. The number of aliphatic hydroxyl groups is 1. The van der Waals surface area contributed by atoms with Crippen molar-refractivity contribution in [3.05, 3.63) is 70.3 Å². The first kappa shape index (κ1) is 13.7. The summed E-state index contributed by atoms with van der Waals surface area (Å²) in [5.74, 6) is -1.41. The average Bonchev–Trinajstić information content (AvgIpc) is 2.43. The van der Waals surface area contributed by atoms with Crippen LogP contribution in [0.1, 0.15) is 35.3 Å². The van der Waals surface area contributed by atoms with Gasteiger partial charge in [-0.1, -0.05) is 37.3 Å². The van der Waals surface area contributed by atoms with E-state index in [1.54, 1.807) is 19.1 Å². The highest BCUT2D eigenvalue weighted by Gasteiger charge is 2.20. The lowest BCUT2D eigenvalue weighted by Crippen LogP contribution is -2.07. The maximum atomic E-state index is 13.9. The molecule has 0 heterocycles. The lowest BCUT2D eigenvalue weighted by molar-refractivity contribution is 0.209. The van der Waals surface area contributed by atoms with Crippen LogP contribution in [0.5, 0.6) is 0 Å². The summed E-state index contributed by atoms with van der Waals surface area (Å²) in [6, 6.07) is 9.64. The molecule has 0 spiro atoms. The summed E-state index contributed by atoms with van der Waals surface area (Å²) >= 11 is 0. The summed E-state index contributed by atoms with van der Waals surface area (Å²) in [5.41, 5.74) is 1.63.